The van der Waals surface area contributed by atoms with Gasteiger partial charge in [0.1, 0.15) is 0 Å². The van der Waals surface area contributed by atoms with Gasteiger partial charge in [-0.05, 0) is 126 Å². The highest BCUT2D eigenvalue weighted by molar-refractivity contribution is 5.96. The van der Waals surface area contributed by atoms with Gasteiger partial charge in [-0.1, -0.05) is 178 Å². The van der Waals surface area contributed by atoms with E-state index in [1.807, 2.05) is 0 Å². The van der Waals surface area contributed by atoms with Crippen LogP contribution in [0.15, 0.2) is 212 Å². The highest BCUT2D eigenvalue weighted by atomic mass is 15.1. The number of anilines is 3. The summed E-state index contributed by atoms with van der Waals surface area (Å²) in [5.74, 6) is 0. The number of benzene rings is 9. The van der Waals surface area contributed by atoms with Gasteiger partial charge in [0.05, 0.1) is 5.41 Å². The lowest BCUT2D eigenvalue weighted by molar-refractivity contribution is 0.661. The number of rotatable bonds is 6. The summed E-state index contributed by atoms with van der Waals surface area (Å²) in [6.07, 6.45) is 0. The first kappa shape index (κ1) is 33.4. The van der Waals surface area contributed by atoms with Gasteiger partial charge in [-0.25, -0.2) is 0 Å². The van der Waals surface area contributed by atoms with Gasteiger partial charge >= 0.3 is 0 Å². The molecule has 0 N–H and O–H groups in total. The highest BCUT2D eigenvalue weighted by Crippen LogP contribution is 2.58. The fraction of sp³-hybridized carbons (Fsp3) is 0.0714. The largest absolute Gasteiger partial charge is 0.310 e. The maximum atomic E-state index is 2.48. The quantitative estimate of drug-likeness (QED) is 0.165. The van der Waals surface area contributed by atoms with Gasteiger partial charge in [0.2, 0.25) is 0 Å². The van der Waals surface area contributed by atoms with Crippen LogP contribution >= 0.6 is 0 Å². The van der Waals surface area contributed by atoms with E-state index in [0.29, 0.717) is 0 Å². The monoisotopic (exact) mass is 727 g/mol. The molecule has 2 aliphatic carbocycles. The van der Waals surface area contributed by atoms with Gasteiger partial charge in [0.25, 0.3) is 0 Å². The van der Waals surface area contributed by atoms with Crippen molar-refractivity contribution >= 4 is 27.8 Å². The van der Waals surface area contributed by atoms with Crippen molar-refractivity contribution in [2.24, 2.45) is 0 Å². The Morgan fingerprint density at radius 2 is 0.860 bits per heavy atom. The minimum absolute atomic E-state index is 0.115. The van der Waals surface area contributed by atoms with E-state index < -0.39 is 5.41 Å². The average molecular weight is 728 g/mol. The van der Waals surface area contributed by atoms with Crippen molar-refractivity contribution in [3.05, 3.63) is 246 Å². The van der Waals surface area contributed by atoms with Crippen molar-refractivity contribution in [3.8, 4) is 33.4 Å². The van der Waals surface area contributed by atoms with Gasteiger partial charge in [-0.3, -0.25) is 0 Å². The van der Waals surface area contributed by atoms with Gasteiger partial charge in [-0.2, -0.15) is 0 Å². The number of nitrogens with zero attached hydrogens (tertiary/aromatic N) is 1. The predicted octanol–water partition coefficient (Wildman–Crippen LogP) is 14.6. The van der Waals surface area contributed by atoms with Crippen LogP contribution in [0.3, 0.4) is 0 Å². The second-order valence-electron chi connectivity index (χ2n) is 16.1. The molecular weight excluding hydrogens is 687 g/mol. The van der Waals surface area contributed by atoms with Crippen molar-refractivity contribution in [1.29, 1.82) is 0 Å². The van der Waals surface area contributed by atoms with Crippen LogP contribution in [0.2, 0.25) is 0 Å². The lowest BCUT2D eigenvalue weighted by Gasteiger charge is -2.35. The molecule has 2 aliphatic rings. The first-order chi connectivity index (χ1) is 28.0. The van der Waals surface area contributed by atoms with Gasteiger partial charge in [0, 0.05) is 22.5 Å². The molecule has 0 amide bonds. The van der Waals surface area contributed by atoms with E-state index in [1.165, 1.54) is 77.5 Å². The van der Waals surface area contributed by atoms with E-state index in [1.54, 1.807) is 0 Å². The summed E-state index contributed by atoms with van der Waals surface area (Å²) in [5.41, 5.74) is 18.2. The van der Waals surface area contributed by atoms with Crippen molar-refractivity contribution < 1.29 is 0 Å². The SMILES string of the molecule is CC1(C)c2ccc(N(c3cccc(-c4ccccc4)c3)c3ccc4c(c3)C(c3ccccc3)(c3ccccc3)c3ccccc3-4)cc2-c2cc3ccccc3cc21. The first-order valence-corrected chi connectivity index (χ1v) is 20.0. The van der Waals surface area contributed by atoms with Crippen LogP contribution in [0, 0.1) is 0 Å². The first-order valence-electron chi connectivity index (χ1n) is 20.0. The molecule has 57 heavy (non-hydrogen) atoms. The molecule has 0 heterocycles. The maximum absolute atomic E-state index is 2.48. The Hall–Kier alpha value is -6.96. The predicted molar refractivity (Wildman–Crippen MR) is 239 cm³/mol. The van der Waals surface area contributed by atoms with Crippen LogP contribution in [-0.2, 0) is 10.8 Å². The summed E-state index contributed by atoms with van der Waals surface area (Å²) in [7, 11) is 0. The summed E-state index contributed by atoms with van der Waals surface area (Å²) in [6.45, 7) is 4.75. The molecule has 0 radical (unpaired) electrons. The zero-order valence-corrected chi connectivity index (χ0v) is 32.2. The normalized spacial score (nSPS) is 14.1. The van der Waals surface area contributed by atoms with E-state index in [-0.39, 0.29) is 5.41 Å². The molecule has 0 aliphatic heterocycles. The third-order valence-electron chi connectivity index (χ3n) is 12.7. The Balaban J connectivity index is 1.17. The summed E-state index contributed by atoms with van der Waals surface area (Å²) in [4.78, 5) is 2.47. The van der Waals surface area contributed by atoms with E-state index in [9.17, 15) is 0 Å². The standard InChI is InChI=1S/C56H41N/c1-55(2)51-32-30-45(36-50(51)49-34-40-19-12-13-20-41(40)35-53(49)55)57(44-26-16-21-39(33-44)38-17-6-3-7-18-38)46-29-31-48-47-27-14-15-28-52(47)56(54(48)37-46,42-22-8-4-9-23-42)43-24-10-5-11-25-43/h3-37H,1-2H3. The molecule has 0 aromatic heterocycles. The molecule has 11 rings (SSSR count). The van der Waals surface area contributed by atoms with E-state index in [2.05, 4.69) is 231 Å². The minimum atomic E-state index is -0.496. The van der Waals surface area contributed by atoms with E-state index in [4.69, 9.17) is 0 Å². The number of hydrogen-bond acceptors (Lipinski definition) is 1. The molecule has 9 aromatic carbocycles. The van der Waals surface area contributed by atoms with Gasteiger partial charge < -0.3 is 4.90 Å². The van der Waals surface area contributed by atoms with E-state index in [0.717, 1.165) is 17.1 Å². The Morgan fingerprint density at radius 3 is 1.60 bits per heavy atom. The summed E-state index contributed by atoms with van der Waals surface area (Å²) in [6, 6.07) is 78.8. The lowest BCUT2D eigenvalue weighted by atomic mass is 9.67. The molecule has 0 saturated heterocycles. The lowest BCUT2D eigenvalue weighted by Crippen LogP contribution is -2.28. The van der Waals surface area contributed by atoms with Gasteiger partial charge in [0.15, 0.2) is 0 Å². The van der Waals surface area contributed by atoms with Gasteiger partial charge in [-0.15, -0.1) is 0 Å². The molecule has 0 spiro atoms. The van der Waals surface area contributed by atoms with Crippen LogP contribution in [-0.4, -0.2) is 0 Å². The molecule has 0 atom stereocenters. The Morgan fingerprint density at radius 1 is 0.316 bits per heavy atom. The minimum Gasteiger partial charge on any atom is -0.310 e. The second-order valence-corrected chi connectivity index (χ2v) is 16.1. The molecule has 0 saturated carbocycles. The van der Waals surface area contributed by atoms with Crippen molar-refractivity contribution in [3.63, 3.8) is 0 Å². The maximum Gasteiger partial charge on any atom is 0.0714 e. The third kappa shape index (κ3) is 5.02. The second kappa shape index (κ2) is 12.8. The van der Waals surface area contributed by atoms with Crippen LogP contribution in [0.4, 0.5) is 17.1 Å². The van der Waals surface area contributed by atoms with Crippen molar-refractivity contribution in [2.75, 3.05) is 4.90 Å². The highest BCUT2D eigenvalue weighted by Gasteiger charge is 2.46. The summed E-state index contributed by atoms with van der Waals surface area (Å²) in [5, 5.41) is 2.56. The fourth-order valence-electron chi connectivity index (χ4n) is 10.0. The van der Waals surface area contributed by atoms with Crippen LogP contribution in [0.5, 0.6) is 0 Å². The molecule has 0 fully saturated rings. The third-order valence-corrected chi connectivity index (χ3v) is 12.7. The Labute approximate surface area is 335 Å². The molecule has 9 aromatic rings. The zero-order valence-electron chi connectivity index (χ0n) is 32.2. The molecule has 1 heteroatoms. The zero-order chi connectivity index (χ0) is 38.1. The topological polar surface area (TPSA) is 3.24 Å². The van der Waals surface area contributed by atoms with Crippen molar-refractivity contribution in [1.82, 2.24) is 0 Å². The molecule has 1 nitrogen and oxygen atoms in total. The number of hydrogen-bond donors (Lipinski definition) is 0. The van der Waals surface area contributed by atoms with Crippen LogP contribution in [0.25, 0.3) is 44.2 Å². The number of fused-ring (bicyclic) bond motifs is 7. The average Bonchev–Trinajstić information content (AvgIpc) is 3.68. The molecule has 0 bridgehead atoms. The molecular formula is C56H41N. The summed E-state index contributed by atoms with van der Waals surface area (Å²) < 4.78 is 0. The fourth-order valence-corrected chi connectivity index (χ4v) is 10.0. The Kier molecular flexibility index (Phi) is 7.50. The molecule has 0 unspecified atom stereocenters. The Bertz CT molecular complexity index is 2940. The molecule has 270 valence electrons. The van der Waals surface area contributed by atoms with Crippen LogP contribution in [0.1, 0.15) is 47.2 Å². The summed E-state index contributed by atoms with van der Waals surface area (Å²) >= 11 is 0. The van der Waals surface area contributed by atoms with E-state index >= 15 is 0 Å². The van der Waals surface area contributed by atoms with Crippen LogP contribution < -0.4 is 4.90 Å². The smallest absolute Gasteiger partial charge is 0.0714 e. The van der Waals surface area contributed by atoms with Crippen molar-refractivity contribution in [2.45, 2.75) is 24.7 Å².